The minimum absolute atomic E-state index is 0.0146. The van der Waals surface area contributed by atoms with Gasteiger partial charge in [0.15, 0.2) is 5.75 Å². The van der Waals surface area contributed by atoms with Crippen molar-refractivity contribution in [1.82, 2.24) is 15.2 Å². The highest BCUT2D eigenvalue weighted by molar-refractivity contribution is 7.99. The normalized spacial score (nSPS) is 12.3. The molecule has 114 valence electrons. The Morgan fingerprint density at radius 1 is 1.38 bits per heavy atom. The Kier molecular flexibility index (Phi) is 6.10. The van der Waals surface area contributed by atoms with E-state index < -0.39 is 0 Å². The van der Waals surface area contributed by atoms with Gasteiger partial charge in [-0.05, 0) is 18.6 Å². The van der Waals surface area contributed by atoms with Gasteiger partial charge in [0.05, 0.1) is 25.0 Å². The van der Waals surface area contributed by atoms with Gasteiger partial charge in [0.2, 0.25) is 0 Å². The van der Waals surface area contributed by atoms with Crippen molar-refractivity contribution in [3.8, 4) is 5.75 Å². The van der Waals surface area contributed by atoms with Crippen LogP contribution >= 0.6 is 11.8 Å². The number of nitrogens with one attached hydrogen (secondary N) is 1. The Labute approximate surface area is 129 Å². The predicted octanol–water partition coefficient (Wildman–Crippen LogP) is 2.60. The Balaban J connectivity index is 2.14. The summed E-state index contributed by atoms with van der Waals surface area (Å²) in [5.41, 5.74) is 3.89. The van der Waals surface area contributed by atoms with Crippen LogP contribution in [0.5, 0.6) is 5.75 Å². The third kappa shape index (κ3) is 4.00. The number of rotatable bonds is 8. The van der Waals surface area contributed by atoms with E-state index in [1.54, 1.807) is 25.1 Å². The number of benzene rings is 1. The molecule has 2 aromatic rings. The molecule has 21 heavy (non-hydrogen) atoms. The molecule has 5 nitrogen and oxygen atoms in total. The number of aromatic nitrogens is 2. The lowest BCUT2D eigenvalue weighted by Gasteiger charge is -2.18. The first kappa shape index (κ1) is 15.9. The van der Waals surface area contributed by atoms with E-state index in [9.17, 15) is 0 Å². The van der Waals surface area contributed by atoms with Gasteiger partial charge in [-0.1, -0.05) is 25.1 Å². The Bertz CT molecular complexity index is 544. The van der Waals surface area contributed by atoms with Gasteiger partial charge < -0.3 is 4.74 Å². The summed E-state index contributed by atoms with van der Waals surface area (Å²) in [4.78, 5) is 1.22. The molecule has 0 aliphatic heterocycles. The number of hydrazine groups is 1. The van der Waals surface area contributed by atoms with Gasteiger partial charge >= 0.3 is 0 Å². The first-order chi connectivity index (χ1) is 10.3. The van der Waals surface area contributed by atoms with Crippen molar-refractivity contribution in [1.29, 1.82) is 0 Å². The minimum atomic E-state index is -0.0146. The number of nitrogens with zero attached hydrogens (tertiary/aromatic N) is 2. The molecule has 0 aliphatic rings. The molecule has 0 saturated heterocycles. The van der Waals surface area contributed by atoms with Gasteiger partial charge in [0.25, 0.3) is 0 Å². The zero-order chi connectivity index (χ0) is 15.1. The zero-order valence-electron chi connectivity index (χ0n) is 12.5. The number of hydrogen-bond acceptors (Lipinski definition) is 5. The largest absolute Gasteiger partial charge is 0.493 e. The van der Waals surface area contributed by atoms with Gasteiger partial charge in [-0.2, -0.15) is 5.10 Å². The monoisotopic (exact) mass is 306 g/mol. The molecule has 0 amide bonds. The van der Waals surface area contributed by atoms with Crippen LogP contribution in [-0.4, -0.2) is 22.6 Å². The summed E-state index contributed by atoms with van der Waals surface area (Å²) in [6.07, 6.45) is 2.77. The van der Waals surface area contributed by atoms with Gasteiger partial charge in [-0.3, -0.25) is 16.0 Å². The molecule has 6 heteroatoms. The van der Waals surface area contributed by atoms with Crippen LogP contribution in [0.4, 0.5) is 0 Å². The van der Waals surface area contributed by atoms with E-state index in [1.807, 2.05) is 22.9 Å². The summed E-state index contributed by atoms with van der Waals surface area (Å²) < 4.78 is 7.39. The smallest absolute Gasteiger partial charge is 0.161 e. The van der Waals surface area contributed by atoms with Crippen LogP contribution in [-0.2, 0) is 6.54 Å². The van der Waals surface area contributed by atoms with Crippen LogP contribution in [0, 0.1) is 0 Å². The lowest BCUT2D eigenvalue weighted by atomic mass is 10.2. The molecule has 1 aromatic heterocycles. The molecule has 0 radical (unpaired) electrons. The van der Waals surface area contributed by atoms with Crippen molar-refractivity contribution in [2.24, 2.45) is 5.84 Å². The van der Waals surface area contributed by atoms with Gasteiger partial charge in [-0.25, -0.2) is 0 Å². The molecule has 0 aliphatic carbocycles. The van der Waals surface area contributed by atoms with Crippen LogP contribution in [0.2, 0.25) is 0 Å². The SMILES string of the molecule is CCCn1ncc(OC)c1C(CSc1ccccc1)NN. The number of thioether (sulfide) groups is 1. The molecule has 1 atom stereocenters. The quantitative estimate of drug-likeness (QED) is 0.446. The van der Waals surface area contributed by atoms with Crippen LogP contribution in [0.1, 0.15) is 25.1 Å². The average Bonchev–Trinajstić information content (AvgIpc) is 2.92. The maximum absolute atomic E-state index is 5.76. The minimum Gasteiger partial charge on any atom is -0.493 e. The molecule has 0 fully saturated rings. The van der Waals surface area contributed by atoms with Crippen LogP contribution in [0.15, 0.2) is 41.4 Å². The molecular formula is C15H22N4OS. The number of aryl methyl sites for hydroxylation is 1. The van der Waals surface area contributed by atoms with E-state index in [2.05, 4.69) is 29.6 Å². The topological polar surface area (TPSA) is 65.1 Å². The van der Waals surface area contributed by atoms with E-state index >= 15 is 0 Å². The summed E-state index contributed by atoms with van der Waals surface area (Å²) in [5, 5.41) is 4.39. The maximum Gasteiger partial charge on any atom is 0.161 e. The molecule has 1 unspecified atom stereocenters. The second-order valence-corrected chi connectivity index (χ2v) is 5.76. The molecule has 0 spiro atoms. The van der Waals surface area contributed by atoms with Gasteiger partial charge in [-0.15, -0.1) is 11.8 Å². The second kappa shape index (κ2) is 8.07. The summed E-state index contributed by atoms with van der Waals surface area (Å²) in [7, 11) is 1.66. The first-order valence-corrected chi connectivity index (χ1v) is 8.02. The van der Waals surface area contributed by atoms with Crippen molar-refractivity contribution < 1.29 is 4.74 Å². The van der Waals surface area contributed by atoms with Crippen molar-refractivity contribution >= 4 is 11.8 Å². The molecule has 1 heterocycles. The lowest BCUT2D eigenvalue weighted by Crippen LogP contribution is -2.32. The predicted molar refractivity (Wildman–Crippen MR) is 86.3 cm³/mol. The van der Waals surface area contributed by atoms with Crippen molar-refractivity contribution in [2.75, 3.05) is 12.9 Å². The van der Waals surface area contributed by atoms with Crippen LogP contribution in [0.25, 0.3) is 0 Å². The Hall–Kier alpha value is -1.50. The standard InChI is InChI=1S/C15H22N4OS/c1-3-9-19-15(14(20-2)10-17-19)13(18-16)11-21-12-7-5-4-6-8-12/h4-8,10,13,18H,3,9,11,16H2,1-2H3. The fourth-order valence-electron chi connectivity index (χ4n) is 2.18. The van der Waals surface area contributed by atoms with E-state index in [1.165, 1.54) is 4.90 Å². The average molecular weight is 306 g/mol. The zero-order valence-corrected chi connectivity index (χ0v) is 13.3. The van der Waals surface area contributed by atoms with Crippen LogP contribution in [0.3, 0.4) is 0 Å². The van der Waals surface area contributed by atoms with Crippen molar-refractivity contribution in [3.63, 3.8) is 0 Å². The number of hydrogen-bond donors (Lipinski definition) is 2. The second-order valence-electron chi connectivity index (χ2n) is 4.66. The van der Waals surface area contributed by atoms with E-state index in [0.29, 0.717) is 0 Å². The number of ether oxygens (including phenoxy) is 1. The number of nitrogens with two attached hydrogens (primary N) is 1. The summed E-state index contributed by atoms with van der Waals surface area (Å²) in [5.74, 6) is 7.35. The highest BCUT2D eigenvalue weighted by Crippen LogP contribution is 2.29. The van der Waals surface area contributed by atoms with E-state index in [4.69, 9.17) is 10.6 Å². The van der Waals surface area contributed by atoms with Gasteiger partial charge in [0, 0.05) is 17.2 Å². The molecule has 0 bridgehead atoms. The third-order valence-corrected chi connectivity index (χ3v) is 4.30. The maximum atomic E-state index is 5.76. The molecule has 0 saturated carbocycles. The van der Waals surface area contributed by atoms with Gasteiger partial charge in [0.1, 0.15) is 0 Å². The summed E-state index contributed by atoms with van der Waals surface area (Å²) >= 11 is 1.76. The highest BCUT2D eigenvalue weighted by Gasteiger charge is 2.21. The third-order valence-electron chi connectivity index (χ3n) is 3.19. The molecular weight excluding hydrogens is 284 g/mol. The Morgan fingerprint density at radius 3 is 2.76 bits per heavy atom. The molecule has 2 rings (SSSR count). The van der Waals surface area contributed by atoms with Crippen molar-refractivity contribution in [3.05, 3.63) is 42.2 Å². The van der Waals surface area contributed by atoms with E-state index in [-0.39, 0.29) is 6.04 Å². The fraction of sp³-hybridized carbons (Fsp3) is 0.400. The molecule has 1 aromatic carbocycles. The van der Waals surface area contributed by atoms with E-state index in [0.717, 1.165) is 30.2 Å². The highest BCUT2D eigenvalue weighted by atomic mass is 32.2. The fourth-order valence-corrected chi connectivity index (χ4v) is 3.14. The lowest BCUT2D eigenvalue weighted by molar-refractivity contribution is 0.396. The van der Waals surface area contributed by atoms with Crippen LogP contribution < -0.4 is 16.0 Å². The summed E-state index contributed by atoms with van der Waals surface area (Å²) in [6, 6.07) is 10.3. The van der Waals surface area contributed by atoms with Crippen molar-refractivity contribution in [2.45, 2.75) is 30.8 Å². The Morgan fingerprint density at radius 2 is 2.14 bits per heavy atom. The summed E-state index contributed by atoms with van der Waals surface area (Å²) in [6.45, 7) is 2.98. The molecule has 3 N–H and O–H groups in total. The first-order valence-electron chi connectivity index (χ1n) is 7.03. The number of methoxy groups -OCH3 is 1.